The number of hydrogen-bond donors (Lipinski definition) is 2. The highest BCUT2D eigenvalue weighted by atomic mass is 35.5. The van der Waals surface area contributed by atoms with Crippen LogP contribution in [-0.4, -0.2) is 29.6 Å². The van der Waals surface area contributed by atoms with Crippen molar-refractivity contribution in [1.82, 2.24) is 9.55 Å². The number of aromatic nitrogens is 2. The number of nitrogens with zero attached hydrogens (tertiary/aromatic N) is 2. The summed E-state index contributed by atoms with van der Waals surface area (Å²) in [5, 5.41) is 9.12. The Balaban J connectivity index is 1.83. The number of halogens is 1. The molecule has 170 valence electrons. The lowest BCUT2D eigenvalue weighted by Gasteiger charge is -2.14. The van der Waals surface area contributed by atoms with Crippen LogP contribution in [0.4, 0.5) is 5.69 Å². The third kappa shape index (κ3) is 6.10. The van der Waals surface area contributed by atoms with Crippen molar-refractivity contribution in [1.29, 1.82) is 0 Å². The molecule has 0 fully saturated rings. The van der Waals surface area contributed by atoms with Gasteiger partial charge in [0.25, 0.3) is 5.56 Å². The van der Waals surface area contributed by atoms with Gasteiger partial charge in [-0.05, 0) is 48.7 Å². The Bertz CT molecular complexity index is 1320. The Morgan fingerprint density at radius 1 is 1.25 bits per heavy atom. The molecule has 32 heavy (non-hydrogen) atoms. The summed E-state index contributed by atoms with van der Waals surface area (Å²) in [6.07, 6.45) is 0.779. The summed E-state index contributed by atoms with van der Waals surface area (Å²) in [6, 6.07) is 10.6. The van der Waals surface area contributed by atoms with E-state index in [4.69, 9.17) is 16.7 Å². The van der Waals surface area contributed by atoms with E-state index < -0.39 is 10.0 Å². The fourth-order valence-corrected chi connectivity index (χ4v) is 4.50. The van der Waals surface area contributed by atoms with E-state index in [0.717, 1.165) is 18.2 Å². The molecule has 0 radical (unpaired) electrons. The summed E-state index contributed by atoms with van der Waals surface area (Å²) in [5.74, 6) is -0.0211. The highest BCUT2D eigenvalue weighted by Crippen LogP contribution is 2.22. The van der Waals surface area contributed by atoms with Gasteiger partial charge in [0.05, 0.1) is 21.6 Å². The molecule has 1 amide bonds. The zero-order chi connectivity index (χ0) is 23.5. The first-order valence-electron chi connectivity index (χ1n) is 9.80. The van der Waals surface area contributed by atoms with Gasteiger partial charge in [-0.3, -0.25) is 14.2 Å². The molecule has 0 saturated carbocycles. The Labute approximate surface area is 195 Å². The average Bonchev–Trinajstić information content (AvgIpc) is 2.71. The molecule has 2 aromatic carbocycles. The number of hydrogen-bond acceptors (Lipinski definition) is 6. The first kappa shape index (κ1) is 24.2. The minimum atomic E-state index is -3.88. The van der Waals surface area contributed by atoms with E-state index >= 15 is 0 Å². The average molecular weight is 495 g/mol. The molecule has 3 N–H and O–H groups in total. The first-order chi connectivity index (χ1) is 15.0. The van der Waals surface area contributed by atoms with Crippen molar-refractivity contribution >= 4 is 55.9 Å². The highest BCUT2D eigenvalue weighted by molar-refractivity contribution is 7.99. The van der Waals surface area contributed by atoms with Crippen molar-refractivity contribution in [3.8, 4) is 0 Å². The number of fused-ring (bicyclic) bond motifs is 1. The number of primary sulfonamides is 1. The predicted molar refractivity (Wildman–Crippen MR) is 128 cm³/mol. The molecule has 0 atom stereocenters. The zero-order valence-corrected chi connectivity index (χ0v) is 19.9. The van der Waals surface area contributed by atoms with E-state index in [2.05, 4.69) is 24.1 Å². The Hall–Kier alpha value is -2.40. The van der Waals surface area contributed by atoms with E-state index in [1.54, 1.807) is 28.8 Å². The number of thioether (sulfide) groups is 1. The van der Waals surface area contributed by atoms with Crippen molar-refractivity contribution in [2.24, 2.45) is 11.1 Å². The number of carbonyl (C=O) groups is 1. The minimum absolute atomic E-state index is 0.0280. The Morgan fingerprint density at radius 3 is 2.69 bits per heavy atom. The Kier molecular flexibility index (Phi) is 7.60. The fourth-order valence-electron chi connectivity index (χ4n) is 2.95. The van der Waals surface area contributed by atoms with Gasteiger partial charge >= 0.3 is 0 Å². The van der Waals surface area contributed by atoms with E-state index in [0.29, 0.717) is 39.2 Å². The monoisotopic (exact) mass is 494 g/mol. The van der Waals surface area contributed by atoms with Crippen molar-refractivity contribution in [3.63, 3.8) is 0 Å². The molecule has 11 heteroatoms. The van der Waals surface area contributed by atoms with Crippen LogP contribution in [0.15, 0.2) is 57.3 Å². The van der Waals surface area contributed by atoms with Crippen LogP contribution in [0.25, 0.3) is 10.9 Å². The number of nitrogens with two attached hydrogens (primary N) is 1. The van der Waals surface area contributed by atoms with Crippen LogP contribution in [-0.2, 0) is 21.4 Å². The normalized spacial score (nSPS) is 11.8. The lowest BCUT2D eigenvalue weighted by molar-refractivity contribution is -0.113. The van der Waals surface area contributed by atoms with Crippen molar-refractivity contribution in [3.05, 3.63) is 57.8 Å². The standard InChI is InChI=1S/C21H23ClN4O4S2/c1-13(2)8-9-26-20(28)17-7-6-14(22)10-18(17)25-21(26)31-12-19(27)24-15-4-3-5-16(11-15)32(23,29)30/h3-7,10-11,13H,8-9,12H2,1-2H3,(H,24,27)(H2,23,29,30). The Morgan fingerprint density at radius 2 is 2.00 bits per heavy atom. The van der Waals surface area contributed by atoms with Crippen molar-refractivity contribution < 1.29 is 13.2 Å². The molecule has 0 aliphatic rings. The van der Waals surface area contributed by atoms with E-state index in [-0.39, 0.29) is 22.1 Å². The summed E-state index contributed by atoms with van der Waals surface area (Å²) >= 11 is 7.18. The van der Waals surface area contributed by atoms with Gasteiger partial charge in [0.2, 0.25) is 15.9 Å². The lowest BCUT2D eigenvalue weighted by atomic mass is 10.1. The molecule has 0 saturated heterocycles. The number of rotatable bonds is 8. The van der Waals surface area contributed by atoms with Gasteiger partial charge in [0.15, 0.2) is 5.16 Å². The number of sulfonamides is 1. The maximum Gasteiger partial charge on any atom is 0.262 e. The topological polar surface area (TPSA) is 124 Å². The quantitative estimate of drug-likeness (QED) is 0.365. The van der Waals surface area contributed by atoms with Crippen LogP contribution in [0.3, 0.4) is 0 Å². The minimum Gasteiger partial charge on any atom is -0.325 e. The molecule has 8 nitrogen and oxygen atoms in total. The summed E-state index contributed by atoms with van der Waals surface area (Å²) in [6.45, 7) is 4.60. The van der Waals surface area contributed by atoms with Gasteiger partial charge in [0, 0.05) is 17.3 Å². The highest BCUT2D eigenvalue weighted by Gasteiger charge is 2.15. The smallest absolute Gasteiger partial charge is 0.262 e. The maximum atomic E-state index is 13.0. The van der Waals surface area contributed by atoms with Gasteiger partial charge in [-0.25, -0.2) is 18.5 Å². The number of carbonyl (C=O) groups excluding carboxylic acids is 1. The van der Waals surface area contributed by atoms with Gasteiger partial charge < -0.3 is 5.32 Å². The van der Waals surface area contributed by atoms with Crippen molar-refractivity contribution in [2.45, 2.75) is 36.9 Å². The third-order valence-corrected chi connectivity index (χ3v) is 6.71. The molecule has 1 heterocycles. The molecule has 0 spiro atoms. The lowest BCUT2D eigenvalue weighted by Crippen LogP contribution is -2.25. The van der Waals surface area contributed by atoms with Gasteiger partial charge in [0.1, 0.15) is 0 Å². The molecule has 0 aliphatic carbocycles. The maximum absolute atomic E-state index is 13.0. The van der Waals surface area contributed by atoms with Crippen LogP contribution >= 0.6 is 23.4 Å². The van der Waals surface area contributed by atoms with E-state index in [1.807, 2.05) is 0 Å². The largest absolute Gasteiger partial charge is 0.325 e. The van der Waals surface area contributed by atoms with Gasteiger partial charge in [-0.2, -0.15) is 0 Å². The number of benzene rings is 2. The van der Waals surface area contributed by atoms with Crippen LogP contribution < -0.4 is 16.0 Å². The molecule has 3 aromatic rings. The second kappa shape index (κ2) is 10.0. The predicted octanol–water partition coefficient (Wildman–Crippen LogP) is 3.47. The zero-order valence-electron chi connectivity index (χ0n) is 17.5. The summed E-state index contributed by atoms with van der Waals surface area (Å²) in [5.41, 5.74) is 0.584. The molecule has 3 rings (SSSR count). The van der Waals surface area contributed by atoms with Crippen LogP contribution in [0.2, 0.25) is 5.02 Å². The van der Waals surface area contributed by atoms with Crippen LogP contribution in [0, 0.1) is 5.92 Å². The molecular formula is C21H23ClN4O4S2. The van der Waals surface area contributed by atoms with Gasteiger partial charge in [-0.15, -0.1) is 0 Å². The number of amides is 1. The second-order valence-corrected chi connectivity index (χ2v) is 10.5. The van der Waals surface area contributed by atoms with Crippen molar-refractivity contribution in [2.75, 3.05) is 11.1 Å². The van der Waals surface area contributed by atoms with E-state index in [1.165, 1.54) is 18.2 Å². The third-order valence-electron chi connectivity index (χ3n) is 4.59. The molecule has 1 aromatic heterocycles. The summed E-state index contributed by atoms with van der Waals surface area (Å²) in [4.78, 5) is 30.0. The number of anilines is 1. The molecular weight excluding hydrogens is 472 g/mol. The molecule has 0 unspecified atom stereocenters. The van der Waals surface area contributed by atoms with Gasteiger partial charge in [-0.1, -0.05) is 43.3 Å². The van der Waals surface area contributed by atoms with Crippen LogP contribution in [0.5, 0.6) is 0 Å². The molecule has 0 bridgehead atoms. The fraction of sp³-hybridized carbons (Fsp3) is 0.286. The number of nitrogens with one attached hydrogen (secondary N) is 1. The summed E-state index contributed by atoms with van der Waals surface area (Å²) in [7, 11) is -3.88. The SMILES string of the molecule is CC(C)CCn1c(SCC(=O)Nc2cccc(S(N)(=O)=O)c2)nc2cc(Cl)ccc2c1=O. The van der Waals surface area contributed by atoms with E-state index in [9.17, 15) is 18.0 Å². The summed E-state index contributed by atoms with van der Waals surface area (Å²) < 4.78 is 24.6. The first-order valence-corrected chi connectivity index (χ1v) is 12.7. The second-order valence-electron chi connectivity index (χ2n) is 7.60. The van der Waals surface area contributed by atoms with Crippen LogP contribution in [0.1, 0.15) is 20.3 Å². The molecule has 0 aliphatic heterocycles.